The molecule has 0 aliphatic carbocycles. The third kappa shape index (κ3) is 6.50. The number of carboxylic acid groups (broad SMARTS) is 1. The Kier molecular flexibility index (Phi) is 7.42. The van der Waals surface area contributed by atoms with Crippen LogP contribution in [0.4, 0.5) is 4.39 Å². The van der Waals surface area contributed by atoms with Gasteiger partial charge in [-0.05, 0) is 37.3 Å². The molecule has 0 heterocycles. The molecule has 0 bridgehead atoms. The number of carbonyl (C=O) groups is 2. The summed E-state index contributed by atoms with van der Waals surface area (Å²) in [7, 11) is 0. The highest BCUT2D eigenvalue weighted by atomic mass is 19.1. The lowest BCUT2D eigenvalue weighted by molar-refractivity contribution is -0.139. The molecule has 0 radical (unpaired) electrons. The molecule has 27 heavy (non-hydrogen) atoms. The fourth-order valence-corrected chi connectivity index (χ4v) is 2.17. The van der Waals surface area contributed by atoms with Gasteiger partial charge < -0.3 is 24.6 Å². The third-order valence-corrected chi connectivity index (χ3v) is 3.31. The van der Waals surface area contributed by atoms with E-state index >= 15 is 0 Å². The molecular weight excluding hydrogens is 357 g/mol. The number of carbonyl (C=O) groups excluding carboxylic acids is 1. The van der Waals surface area contributed by atoms with Gasteiger partial charge in [0.2, 0.25) is 0 Å². The van der Waals surface area contributed by atoms with Crippen molar-refractivity contribution in [2.75, 3.05) is 26.4 Å². The lowest BCUT2D eigenvalue weighted by Crippen LogP contribution is -2.28. The van der Waals surface area contributed by atoms with Crippen LogP contribution in [0, 0.1) is 5.82 Å². The molecule has 2 rings (SSSR count). The molecular formula is C19H20FNO6. The van der Waals surface area contributed by atoms with E-state index in [0.717, 1.165) is 0 Å². The van der Waals surface area contributed by atoms with Gasteiger partial charge in [0.05, 0.1) is 13.2 Å². The Morgan fingerprint density at radius 1 is 1.07 bits per heavy atom. The molecule has 0 unspecified atom stereocenters. The summed E-state index contributed by atoms with van der Waals surface area (Å²) < 4.78 is 28.9. The molecule has 0 atom stereocenters. The maximum atomic E-state index is 13.1. The smallest absolute Gasteiger partial charge is 0.341 e. The van der Waals surface area contributed by atoms with E-state index in [-0.39, 0.29) is 30.6 Å². The Hall–Kier alpha value is -3.29. The number of rotatable bonds is 10. The van der Waals surface area contributed by atoms with Gasteiger partial charge >= 0.3 is 5.97 Å². The van der Waals surface area contributed by atoms with E-state index in [2.05, 4.69) is 5.32 Å². The summed E-state index contributed by atoms with van der Waals surface area (Å²) >= 11 is 0. The zero-order chi connectivity index (χ0) is 19.6. The highest BCUT2D eigenvalue weighted by Gasteiger charge is 2.12. The Morgan fingerprint density at radius 2 is 1.89 bits per heavy atom. The van der Waals surface area contributed by atoms with Crippen LogP contribution in [0.1, 0.15) is 17.3 Å². The van der Waals surface area contributed by atoms with Crippen LogP contribution >= 0.6 is 0 Å². The molecule has 0 aliphatic rings. The quantitative estimate of drug-likeness (QED) is 0.618. The number of carboxylic acids is 1. The van der Waals surface area contributed by atoms with E-state index in [1.54, 1.807) is 13.0 Å². The minimum atomic E-state index is -1.11. The van der Waals surface area contributed by atoms with Gasteiger partial charge in [0.25, 0.3) is 5.91 Å². The molecule has 144 valence electrons. The van der Waals surface area contributed by atoms with Gasteiger partial charge in [-0.15, -0.1) is 0 Å². The van der Waals surface area contributed by atoms with Crippen LogP contribution < -0.4 is 19.5 Å². The van der Waals surface area contributed by atoms with Crippen molar-refractivity contribution in [3.05, 3.63) is 53.8 Å². The fraction of sp³-hybridized carbons (Fsp3) is 0.263. The van der Waals surface area contributed by atoms with E-state index in [9.17, 15) is 14.0 Å². The van der Waals surface area contributed by atoms with Gasteiger partial charge in [0, 0.05) is 11.6 Å². The predicted molar refractivity (Wildman–Crippen MR) is 95.0 cm³/mol. The van der Waals surface area contributed by atoms with Gasteiger partial charge in [-0.1, -0.05) is 6.07 Å². The van der Waals surface area contributed by atoms with Gasteiger partial charge in [-0.2, -0.15) is 0 Å². The van der Waals surface area contributed by atoms with E-state index in [4.69, 9.17) is 19.3 Å². The van der Waals surface area contributed by atoms with E-state index < -0.39 is 18.4 Å². The van der Waals surface area contributed by atoms with Crippen LogP contribution in [-0.2, 0) is 4.79 Å². The highest BCUT2D eigenvalue weighted by molar-refractivity contribution is 5.94. The van der Waals surface area contributed by atoms with Gasteiger partial charge in [-0.3, -0.25) is 4.79 Å². The molecule has 0 fully saturated rings. The first kappa shape index (κ1) is 20.0. The molecule has 0 aromatic heterocycles. The molecule has 7 nitrogen and oxygen atoms in total. The zero-order valence-corrected chi connectivity index (χ0v) is 14.7. The summed E-state index contributed by atoms with van der Waals surface area (Å²) in [5, 5.41) is 11.4. The van der Waals surface area contributed by atoms with Crippen molar-refractivity contribution in [1.29, 1.82) is 0 Å². The Labute approximate surface area is 155 Å². The highest BCUT2D eigenvalue weighted by Crippen LogP contribution is 2.28. The summed E-state index contributed by atoms with van der Waals surface area (Å²) in [6.07, 6.45) is 0. The van der Waals surface area contributed by atoms with E-state index in [1.165, 1.54) is 36.4 Å². The van der Waals surface area contributed by atoms with Crippen LogP contribution in [0.2, 0.25) is 0 Å². The molecule has 0 spiro atoms. The van der Waals surface area contributed by atoms with Crippen molar-refractivity contribution >= 4 is 11.9 Å². The van der Waals surface area contributed by atoms with Crippen molar-refractivity contribution in [2.45, 2.75) is 6.92 Å². The lowest BCUT2D eigenvalue weighted by atomic mass is 10.2. The number of benzene rings is 2. The maximum Gasteiger partial charge on any atom is 0.341 e. The van der Waals surface area contributed by atoms with Crippen molar-refractivity contribution in [2.24, 2.45) is 0 Å². The van der Waals surface area contributed by atoms with Gasteiger partial charge in [0.1, 0.15) is 18.2 Å². The standard InChI is InChI=1S/C19H20FNO6/c1-2-25-17-10-13(6-7-16(17)27-12-18(22)23)19(24)21-8-9-26-15-5-3-4-14(20)11-15/h3-7,10-11H,2,8-9,12H2,1H3,(H,21,24)(H,22,23). The summed E-state index contributed by atoms with van der Waals surface area (Å²) in [6, 6.07) is 10.2. The molecule has 2 aromatic rings. The molecule has 0 aliphatic heterocycles. The first-order valence-corrected chi connectivity index (χ1v) is 8.27. The van der Waals surface area contributed by atoms with Gasteiger partial charge in [-0.25, -0.2) is 9.18 Å². The Balaban J connectivity index is 1.90. The van der Waals surface area contributed by atoms with Crippen LogP contribution in [0.3, 0.4) is 0 Å². The average molecular weight is 377 g/mol. The van der Waals surface area contributed by atoms with Crippen LogP contribution in [-0.4, -0.2) is 43.3 Å². The molecule has 8 heteroatoms. The average Bonchev–Trinajstić information content (AvgIpc) is 2.64. The number of nitrogens with one attached hydrogen (secondary N) is 1. The molecule has 2 aromatic carbocycles. The fourth-order valence-electron chi connectivity index (χ4n) is 2.17. The minimum absolute atomic E-state index is 0.174. The number of ether oxygens (including phenoxy) is 3. The van der Waals surface area contributed by atoms with Gasteiger partial charge in [0.15, 0.2) is 18.1 Å². The lowest BCUT2D eigenvalue weighted by Gasteiger charge is -2.12. The van der Waals surface area contributed by atoms with Crippen LogP contribution in [0.5, 0.6) is 17.2 Å². The first-order chi connectivity index (χ1) is 13.0. The largest absolute Gasteiger partial charge is 0.492 e. The molecule has 0 saturated heterocycles. The first-order valence-electron chi connectivity index (χ1n) is 8.27. The van der Waals surface area contributed by atoms with Crippen molar-refractivity contribution in [1.82, 2.24) is 5.32 Å². The summed E-state index contributed by atoms with van der Waals surface area (Å²) in [6.45, 7) is 1.97. The third-order valence-electron chi connectivity index (χ3n) is 3.31. The molecule has 1 amide bonds. The maximum absolute atomic E-state index is 13.1. The Morgan fingerprint density at radius 3 is 2.59 bits per heavy atom. The van der Waals surface area contributed by atoms with Crippen molar-refractivity contribution < 1.29 is 33.3 Å². The molecule has 0 saturated carbocycles. The number of hydrogen-bond donors (Lipinski definition) is 2. The van der Waals surface area contributed by atoms with Crippen molar-refractivity contribution in [3.8, 4) is 17.2 Å². The summed E-state index contributed by atoms with van der Waals surface area (Å²) in [5.41, 5.74) is 0.326. The number of hydrogen-bond acceptors (Lipinski definition) is 5. The van der Waals surface area contributed by atoms with Crippen LogP contribution in [0.25, 0.3) is 0 Å². The predicted octanol–water partition coefficient (Wildman–Crippen LogP) is 2.50. The van der Waals surface area contributed by atoms with Crippen LogP contribution in [0.15, 0.2) is 42.5 Å². The van der Waals surface area contributed by atoms with E-state index in [0.29, 0.717) is 17.9 Å². The minimum Gasteiger partial charge on any atom is -0.492 e. The van der Waals surface area contributed by atoms with Crippen molar-refractivity contribution in [3.63, 3.8) is 0 Å². The monoisotopic (exact) mass is 377 g/mol. The Bertz CT molecular complexity index is 796. The van der Waals surface area contributed by atoms with E-state index in [1.807, 2.05) is 0 Å². The zero-order valence-electron chi connectivity index (χ0n) is 14.7. The summed E-state index contributed by atoms with van der Waals surface area (Å²) in [5.74, 6) is -0.971. The number of halogens is 1. The number of aliphatic carboxylic acids is 1. The topological polar surface area (TPSA) is 94.1 Å². The normalized spacial score (nSPS) is 10.1. The number of amides is 1. The second-order valence-electron chi connectivity index (χ2n) is 5.34. The second kappa shape index (κ2) is 10.0. The summed E-state index contributed by atoms with van der Waals surface area (Å²) in [4.78, 5) is 22.8. The SMILES string of the molecule is CCOc1cc(C(=O)NCCOc2cccc(F)c2)ccc1OCC(=O)O. The second-order valence-corrected chi connectivity index (χ2v) is 5.34. The molecule has 2 N–H and O–H groups in total.